The predicted molar refractivity (Wildman–Crippen MR) is 75.8 cm³/mol. The van der Waals surface area contributed by atoms with Crippen LogP contribution in [-0.4, -0.2) is 24.7 Å². The largest absolute Gasteiger partial charge is 0.396 e. The fourth-order valence-electron chi connectivity index (χ4n) is 2.62. The summed E-state index contributed by atoms with van der Waals surface area (Å²) in [6, 6.07) is 1.89. The molecule has 2 unspecified atom stereocenters. The van der Waals surface area contributed by atoms with Gasteiger partial charge in [-0.3, -0.25) is 4.79 Å². The first-order valence-corrected chi connectivity index (χ1v) is 6.95. The average molecular weight is 298 g/mol. The van der Waals surface area contributed by atoms with E-state index in [1.807, 2.05) is 20.8 Å². The fourth-order valence-corrected chi connectivity index (χ4v) is 2.62. The number of carbonyl (C=O) groups excluding carboxylic acids is 1. The molecule has 2 rings (SSSR count). The van der Waals surface area contributed by atoms with Gasteiger partial charge in [-0.15, -0.1) is 0 Å². The van der Waals surface area contributed by atoms with E-state index in [0.29, 0.717) is 13.0 Å². The summed E-state index contributed by atoms with van der Waals surface area (Å²) in [6.45, 7) is 6.40. The van der Waals surface area contributed by atoms with Crippen molar-refractivity contribution in [2.45, 2.75) is 39.3 Å². The molecule has 116 valence electrons. The Balaban J connectivity index is 2.12. The number of anilines is 1. The maximum Gasteiger partial charge on any atom is 0.257 e. The lowest BCUT2D eigenvalue weighted by molar-refractivity contribution is -0.111. The Kier molecular flexibility index (Phi) is 4.18. The summed E-state index contributed by atoms with van der Waals surface area (Å²) in [5.41, 5.74) is 4.22. The number of rotatable bonds is 4. The first-order valence-electron chi connectivity index (χ1n) is 6.95. The Bertz CT molecular complexity index is 561. The van der Waals surface area contributed by atoms with E-state index in [1.54, 1.807) is 0 Å². The number of benzene rings is 1. The molecule has 3 N–H and O–H groups in total. The summed E-state index contributed by atoms with van der Waals surface area (Å²) in [5, 5.41) is 2.67. The summed E-state index contributed by atoms with van der Waals surface area (Å²) < 4.78 is 33.0. The van der Waals surface area contributed by atoms with E-state index in [2.05, 4.69) is 5.32 Å². The summed E-state index contributed by atoms with van der Waals surface area (Å²) in [4.78, 5) is 12.1. The molecule has 6 heteroatoms. The highest BCUT2D eigenvalue weighted by Crippen LogP contribution is 2.42. The second-order valence-corrected chi connectivity index (χ2v) is 5.85. The molecule has 0 radical (unpaired) electrons. The lowest BCUT2D eigenvalue weighted by Crippen LogP contribution is -2.62. The Morgan fingerprint density at radius 1 is 1.48 bits per heavy atom. The number of amides is 1. The second kappa shape index (κ2) is 5.60. The van der Waals surface area contributed by atoms with Gasteiger partial charge in [0.25, 0.3) is 5.91 Å². The van der Waals surface area contributed by atoms with Crippen LogP contribution in [0.2, 0.25) is 0 Å². The van der Waals surface area contributed by atoms with Crippen molar-refractivity contribution in [2.24, 2.45) is 5.41 Å². The Hall–Kier alpha value is -1.69. The van der Waals surface area contributed by atoms with Gasteiger partial charge in [-0.25, -0.2) is 8.78 Å². The molecule has 0 aromatic heterocycles. The van der Waals surface area contributed by atoms with Crippen LogP contribution in [-0.2, 0) is 4.74 Å². The number of ether oxygens (including phenoxy) is 1. The van der Waals surface area contributed by atoms with Crippen LogP contribution in [0.5, 0.6) is 0 Å². The van der Waals surface area contributed by atoms with Crippen LogP contribution in [0, 0.1) is 17.0 Å². The Morgan fingerprint density at radius 2 is 2.14 bits per heavy atom. The molecule has 0 aliphatic heterocycles. The minimum Gasteiger partial charge on any atom is -0.396 e. The predicted octanol–water partition coefficient (Wildman–Crippen LogP) is 2.48. The van der Waals surface area contributed by atoms with Gasteiger partial charge in [0.15, 0.2) is 5.82 Å². The highest BCUT2D eigenvalue weighted by atomic mass is 19.1. The Morgan fingerprint density at radius 3 is 2.71 bits per heavy atom. The van der Waals surface area contributed by atoms with Crippen molar-refractivity contribution in [3.8, 4) is 0 Å². The quantitative estimate of drug-likeness (QED) is 0.839. The summed E-state index contributed by atoms with van der Waals surface area (Å²) in [5.74, 6) is -2.73. The van der Waals surface area contributed by atoms with Crippen LogP contribution in [0.1, 0.15) is 37.6 Å². The van der Waals surface area contributed by atoms with Gasteiger partial charge in [0.05, 0.1) is 11.8 Å². The molecule has 1 aliphatic carbocycles. The zero-order valence-corrected chi connectivity index (χ0v) is 12.4. The monoisotopic (exact) mass is 298 g/mol. The second-order valence-electron chi connectivity index (χ2n) is 5.85. The van der Waals surface area contributed by atoms with E-state index in [4.69, 9.17) is 10.5 Å². The molecule has 1 amide bonds. The molecular formula is C15H20F2N2O2. The molecule has 1 aliphatic rings. The highest BCUT2D eigenvalue weighted by molar-refractivity contribution is 5.96. The molecule has 0 spiro atoms. The normalized spacial score (nSPS) is 23.5. The molecule has 0 heterocycles. The summed E-state index contributed by atoms with van der Waals surface area (Å²) in [6.07, 6.45) is 0.654. The van der Waals surface area contributed by atoms with Gasteiger partial charge >= 0.3 is 0 Å². The number of carbonyl (C=O) groups is 1. The minimum atomic E-state index is -1.02. The zero-order valence-electron chi connectivity index (χ0n) is 12.4. The van der Waals surface area contributed by atoms with Crippen LogP contribution in [0.25, 0.3) is 0 Å². The number of nitrogen functional groups attached to an aromatic ring is 1. The molecule has 4 nitrogen and oxygen atoms in total. The van der Waals surface area contributed by atoms with Gasteiger partial charge in [0.1, 0.15) is 11.4 Å². The van der Waals surface area contributed by atoms with Crippen molar-refractivity contribution in [1.82, 2.24) is 5.32 Å². The molecule has 1 aromatic carbocycles. The van der Waals surface area contributed by atoms with Gasteiger partial charge in [-0.05, 0) is 25.5 Å². The molecular weight excluding hydrogens is 278 g/mol. The molecule has 1 aromatic rings. The maximum absolute atomic E-state index is 13.8. The molecule has 0 saturated heterocycles. The van der Waals surface area contributed by atoms with Crippen molar-refractivity contribution in [3.05, 3.63) is 29.3 Å². The molecule has 1 fully saturated rings. The Labute approximate surface area is 122 Å². The first-order chi connectivity index (χ1) is 9.78. The van der Waals surface area contributed by atoms with Crippen molar-refractivity contribution in [2.75, 3.05) is 12.3 Å². The SMILES string of the molecule is CCOC1CC(NC(=O)c2c(F)ccc(N)c2F)C1(C)C. The van der Waals surface area contributed by atoms with Crippen molar-refractivity contribution in [3.63, 3.8) is 0 Å². The summed E-state index contributed by atoms with van der Waals surface area (Å²) in [7, 11) is 0. The first kappa shape index (κ1) is 15.7. The van der Waals surface area contributed by atoms with Crippen LogP contribution < -0.4 is 11.1 Å². The van der Waals surface area contributed by atoms with E-state index < -0.39 is 23.1 Å². The van der Waals surface area contributed by atoms with Gasteiger partial charge in [0, 0.05) is 18.1 Å². The van der Waals surface area contributed by atoms with Gasteiger partial charge in [-0.2, -0.15) is 0 Å². The lowest BCUT2D eigenvalue weighted by atomic mass is 9.64. The number of nitrogens with one attached hydrogen (secondary N) is 1. The van der Waals surface area contributed by atoms with Crippen molar-refractivity contribution >= 4 is 11.6 Å². The maximum atomic E-state index is 13.8. The highest BCUT2D eigenvalue weighted by Gasteiger charge is 2.49. The third-order valence-electron chi connectivity index (χ3n) is 4.20. The van der Waals surface area contributed by atoms with Gasteiger partial charge < -0.3 is 15.8 Å². The van der Waals surface area contributed by atoms with Crippen LogP contribution in [0.15, 0.2) is 12.1 Å². The minimum absolute atomic E-state index is 0.0309. The van der Waals surface area contributed by atoms with Crippen LogP contribution >= 0.6 is 0 Å². The fraction of sp³-hybridized carbons (Fsp3) is 0.533. The standard InChI is InChI=1S/C15H20F2N2O2/c1-4-21-11-7-10(15(11,2)3)19-14(20)12-8(16)5-6-9(18)13(12)17/h5-6,10-11H,4,7,18H2,1-3H3,(H,19,20). The number of hydrogen-bond donors (Lipinski definition) is 2. The van der Waals surface area contributed by atoms with E-state index in [1.165, 1.54) is 0 Å². The van der Waals surface area contributed by atoms with Crippen LogP contribution in [0.3, 0.4) is 0 Å². The van der Waals surface area contributed by atoms with E-state index >= 15 is 0 Å². The van der Waals surface area contributed by atoms with E-state index in [9.17, 15) is 13.6 Å². The number of hydrogen-bond acceptors (Lipinski definition) is 3. The van der Waals surface area contributed by atoms with Gasteiger partial charge in [0.2, 0.25) is 0 Å². The molecule has 0 bridgehead atoms. The molecule has 21 heavy (non-hydrogen) atoms. The summed E-state index contributed by atoms with van der Waals surface area (Å²) >= 11 is 0. The van der Waals surface area contributed by atoms with E-state index in [-0.39, 0.29) is 23.2 Å². The topological polar surface area (TPSA) is 64.3 Å². The molecule has 2 atom stereocenters. The smallest absolute Gasteiger partial charge is 0.257 e. The third kappa shape index (κ3) is 2.72. The third-order valence-corrected chi connectivity index (χ3v) is 4.20. The van der Waals surface area contributed by atoms with Crippen LogP contribution in [0.4, 0.5) is 14.5 Å². The van der Waals surface area contributed by atoms with E-state index in [0.717, 1.165) is 12.1 Å². The van der Waals surface area contributed by atoms with Crippen molar-refractivity contribution < 1.29 is 18.3 Å². The van der Waals surface area contributed by atoms with Gasteiger partial charge in [-0.1, -0.05) is 13.8 Å². The zero-order chi connectivity index (χ0) is 15.8. The number of halogens is 2. The van der Waals surface area contributed by atoms with Crippen molar-refractivity contribution in [1.29, 1.82) is 0 Å². The lowest BCUT2D eigenvalue weighted by Gasteiger charge is -2.51. The molecule has 1 saturated carbocycles. The average Bonchev–Trinajstić information content (AvgIpc) is 2.42. The number of nitrogens with two attached hydrogens (primary N) is 1.